The van der Waals surface area contributed by atoms with Gasteiger partial charge in [-0.05, 0) is 5.18 Å². The summed E-state index contributed by atoms with van der Waals surface area (Å²) < 4.78 is 16.1. The third kappa shape index (κ3) is 2.26. The lowest BCUT2D eigenvalue weighted by molar-refractivity contribution is 0.367. The summed E-state index contributed by atoms with van der Waals surface area (Å²) in [7, 11) is 2.64. The summed E-state index contributed by atoms with van der Waals surface area (Å²) in [5, 5.41) is 12.7. The number of hydrogen-bond donors (Lipinski definition) is 1. The molecule has 7 heteroatoms. The van der Waals surface area contributed by atoms with Crippen LogP contribution < -0.4 is 14.9 Å². The van der Waals surface area contributed by atoms with Gasteiger partial charge in [-0.15, -0.1) is 4.91 Å². The topological polar surface area (TPSA) is 98.3 Å². The number of ether oxygens (including phenoxy) is 2. The van der Waals surface area contributed by atoms with E-state index in [1.165, 1.54) is 14.2 Å². The van der Waals surface area contributed by atoms with Gasteiger partial charge in [0.25, 0.3) is 0 Å². The van der Waals surface area contributed by atoms with Crippen molar-refractivity contribution in [2.45, 2.75) is 0 Å². The number of aromatic hydroxyl groups is 1. The van der Waals surface area contributed by atoms with E-state index in [1.54, 1.807) is 24.3 Å². The van der Waals surface area contributed by atoms with Crippen LogP contribution in [0.2, 0.25) is 0 Å². The zero-order chi connectivity index (χ0) is 17.3. The smallest absolute Gasteiger partial charge is 0.237 e. The summed E-state index contributed by atoms with van der Waals surface area (Å²) in [6.45, 7) is 0. The maximum absolute atomic E-state index is 12.8. The average molecular weight is 327 g/mol. The second kappa shape index (κ2) is 6.04. The van der Waals surface area contributed by atoms with Crippen molar-refractivity contribution in [2.24, 2.45) is 5.18 Å². The molecule has 3 aromatic rings. The average Bonchev–Trinajstić information content (AvgIpc) is 2.61. The van der Waals surface area contributed by atoms with Crippen molar-refractivity contribution >= 4 is 16.7 Å². The minimum atomic E-state index is -0.578. The third-order valence-corrected chi connectivity index (χ3v) is 3.58. The first-order chi connectivity index (χ1) is 11.6. The van der Waals surface area contributed by atoms with Crippen LogP contribution in [0.3, 0.4) is 0 Å². The van der Waals surface area contributed by atoms with Crippen molar-refractivity contribution in [1.29, 1.82) is 0 Å². The first-order valence-electron chi connectivity index (χ1n) is 6.95. The zero-order valence-electron chi connectivity index (χ0n) is 12.9. The number of rotatable bonds is 4. The Morgan fingerprint density at radius 1 is 1.08 bits per heavy atom. The zero-order valence-corrected chi connectivity index (χ0v) is 12.9. The molecule has 0 aliphatic carbocycles. The van der Waals surface area contributed by atoms with E-state index in [2.05, 4.69) is 5.18 Å². The Kier molecular flexibility index (Phi) is 3.91. The van der Waals surface area contributed by atoms with Crippen LogP contribution in [0, 0.1) is 4.91 Å². The number of phenolic OH excluding ortho intramolecular Hbond substituents is 1. The number of phenols is 1. The maximum Gasteiger partial charge on any atom is 0.237 e. The van der Waals surface area contributed by atoms with Crippen LogP contribution >= 0.6 is 0 Å². The molecule has 0 radical (unpaired) electrons. The molecule has 0 fully saturated rings. The van der Waals surface area contributed by atoms with E-state index >= 15 is 0 Å². The lowest BCUT2D eigenvalue weighted by Gasteiger charge is -2.12. The molecule has 0 aliphatic rings. The molecule has 1 N–H and O–H groups in total. The first kappa shape index (κ1) is 15.5. The molecule has 122 valence electrons. The van der Waals surface area contributed by atoms with Crippen molar-refractivity contribution in [1.82, 2.24) is 0 Å². The van der Waals surface area contributed by atoms with Crippen LogP contribution in [0.25, 0.3) is 22.3 Å². The molecule has 0 unspecified atom stereocenters. The van der Waals surface area contributed by atoms with E-state index in [4.69, 9.17) is 13.9 Å². The first-order valence-corrected chi connectivity index (χ1v) is 6.95. The molecule has 3 rings (SSSR count). The molecule has 0 spiro atoms. The Morgan fingerprint density at radius 3 is 2.33 bits per heavy atom. The molecule has 1 heterocycles. The van der Waals surface area contributed by atoms with Crippen LogP contribution in [-0.4, -0.2) is 19.3 Å². The molecule has 0 bridgehead atoms. The van der Waals surface area contributed by atoms with Crippen molar-refractivity contribution < 1.29 is 19.0 Å². The standard InChI is InChI=1S/C17H13NO6/c1-22-15-11(19)8-10(18-21)12-13(20)17(23-2)14(24-16(12)15)9-6-4-3-5-7-9/h3-8,19H,1-2H3. The van der Waals surface area contributed by atoms with Crippen molar-refractivity contribution in [3.05, 3.63) is 51.5 Å². The van der Waals surface area contributed by atoms with Gasteiger partial charge in [0.2, 0.25) is 16.9 Å². The van der Waals surface area contributed by atoms with Gasteiger partial charge in [-0.2, -0.15) is 0 Å². The van der Waals surface area contributed by atoms with E-state index in [9.17, 15) is 14.8 Å². The number of benzene rings is 2. The van der Waals surface area contributed by atoms with Crippen LogP contribution in [-0.2, 0) is 0 Å². The number of hydrogen-bond acceptors (Lipinski definition) is 7. The molecule has 24 heavy (non-hydrogen) atoms. The fraction of sp³-hybridized carbons (Fsp3) is 0.118. The van der Waals surface area contributed by atoms with E-state index < -0.39 is 5.43 Å². The second-order valence-corrected chi connectivity index (χ2v) is 4.90. The normalized spacial score (nSPS) is 10.6. The number of fused-ring (bicyclic) bond motifs is 1. The molecule has 1 aromatic heterocycles. The molecule has 7 nitrogen and oxygen atoms in total. The van der Waals surface area contributed by atoms with E-state index in [1.807, 2.05) is 6.07 Å². The van der Waals surface area contributed by atoms with Gasteiger partial charge in [-0.25, -0.2) is 0 Å². The van der Waals surface area contributed by atoms with Gasteiger partial charge >= 0.3 is 0 Å². The number of methoxy groups -OCH3 is 2. The molecular weight excluding hydrogens is 314 g/mol. The molecule has 0 aliphatic heterocycles. The summed E-state index contributed by atoms with van der Waals surface area (Å²) in [5.41, 5.74) is -0.309. The second-order valence-electron chi connectivity index (χ2n) is 4.90. The highest BCUT2D eigenvalue weighted by Crippen LogP contribution is 2.42. The van der Waals surface area contributed by atoms with E-state index in [0.29, 0.717) is 5.56 Å². The highest BCUT2D eigenvalue weighted by molar-refractivity contribution is 5.96. The Morgan fingerprint density at radius 2 is 1.75 bits per heavy atom. The Balaban J connectivity index is 2.53. The third-order valence-electron chi connectivity index (χ3n) is 3.58. The van der Waals surface area contributed by atoms with Crippen LogP contribution in [0.4, 0.5) is 5.69 Å². The van der Waals surface area contributed by atoms with Gasteiger partial charge < -0.3 is 19.0 Å². The van der Waals surface area contributed by atoms with Crippen LogP contribution in [0.1, 0.15) is 0 Å². The van der Waals surface area contributed by atoms with Gasteiger partial charge in [0.1, 0.15) is 11.1 Å². The highest BCUT2D eigenvalue weighted by atomic mass is 16.5. The Bertz CT molecular complexity index is 978. The lowest BCUT2D eigenvalue weighted by atomic mass is 10.1. The predicted octanol–water partition coefficient (Wildman–Crippen LogP) is 3.58. The minimum Gasteiger partial charge on any atom is -0.504 e. The molecule has 0 saturated heterocycles. The van der Waals surface area contributed by atoms with Crippen molar-refractivity contribution in [3.63, 3.8) is 0 Å². The minimum absolute atomic E-state index is 0.0608. The maximum atomic E-state index is 12.8. The lowest BCUT2D eigenvalue weighted by Crippen LogP contribution is -2.08. The summed E-state index contributed by atoms with van der Waals surface area (Å²) in [4.78, 5) is 23.8. The van der Waals surface area contributed by atoms with E-state index in [0.717, 1.165) is 6.07 Å². The summed E-state index contributed by atoms with van der Waals surface area (Å²) in [6, 6.07) is 9.89. The summed E-state index contributed by atoms with van der Waals surface area (Å²) >= 11 is 0. The molecule has 0 atom stereocenters. The number of nitrogens with zero attached hydrogens (tertiary/aromatic N) is 1. The monoisotopic (exact) mass is 327 g/mol. The highest BCUT2D eigenvalue weighted by Gasteiger charge is 2.24. The van der Waals surface area contributed by atoms with Crippen molar-refractivity contribution in [2.75, 3.05) is 14.2 Å². The molecule has 2 aromatic carbocycles. The van der Waals surface area contributed by atoms with Gasteiger partial charge in [-0.1, -0.05) is 30.3 Å². The molecule has 0 saturated carbocycles. The Labute approximate surface area is 136 Å². The fourth-order valence-electron chi connectivity index (χ4n) is 2.53. The van der Waals surface area contributed by atoms with Crippen molar-refractivity contribution in [3.8, 4) is 28.6 Å². The van der Waals surface area contributed by atoms with Crippen LogP contribution in [0.5, 0.6) is 17.2 Å². The largest absolute Gasteiger partial charge is 0.504 e. The van der Waals surface area contributed by atoms with E-state index in [-0.39, 0.29) is 39.7 Å². The Hall–Kier alpha value is -3.35. The predicted molar refractivity (Wildman–Crippen MR) is 88.1 cm³/mol. The molecule has 0 amide bonds. The summed E-state index contributed by atoms with van der Waals surface area (Å²) in [5.74, 6) is -0.316. The SMILES string of the molecule is COc1c(-c2ccccc2)oc2c(OC)c(O)cc(N=O)c2c1=O. The quantitative estimate of drug-likeness (QED) is 0.735. The van der Waals surface area contributed by atoms with Gasteiger partial charge in [0, 0.05) is 11.6 Å². The summed E-state index contributed by atoms with van der Waals surface area (Å²) in [6.07, 6.45) is 0. The van der Waals surface area contributed by atoms with Gasteiger partial charge in [0.15, 0.2) is 17.1 Å². The van der Waals surface area contributed by atoms with Gasteiger partial charge in [-0.3, -0.25) is 4.79 Å². The fourth-order valence-corrected chi connectivity index (χ4v) is 2.53. The molecular formula is C17H13NO6. The number of nitroso groups, excluding NO2 is 1. The van der Waals surface area contributed by atoms with Crippen LogP contribution in [0.15, 0.2) is 50.8 Å². The van der Waals surface area contributed by atoms with Gasteiger partial charge in [0.05, 0.1) is 14.2 Å².